The molecule has 0 saturated heterocycles. The molecule has 1 atom stereocenters. The molecule has 0 aliphatic heterocycles. The van der Waals surface area contributed by atoms with Gasteiger partial charge in [0.2, 0.25) is 0 Å². The van der Waals surface area contributed by atoms with Crippen molar-refractivity contribution in [2.75, 3.05) is 0 Å². The first-order chi connectivity index (χ1) is 28.1. The van der Waals surface area contributed by atoms with Crippen molar-refractivity contribution >= 4 is 29.8 Å². The zero-order valence-electron chi connectivity index (χ0n) is 40.4. The van der Waals surface area contributed by atoms with Gasteiger partial charge in [0.1, 0.15) is 24.2 Å². The van der Waals surface area contributed by atoms with Crippen LogP contribution in [0.1, 0.15) is 136 Å². The molecule has 0 heterocycles. The Kier molecular flexibility index (Phi) is 17.2. The van der Waals surface area contributed by atoms with E-state index in [1.807, 2.05) is 60.7 Å². The van der Waals surface area contributed by atoms with Crippen molar-refractivity contribution in [2.45, 2.75) is 174 Å². The van der Waals surface area contributed by atoms with E-state index in [1.165, 1.54) is 0 Å². The largest absolute Gasteiger partial charge is 0.196 e. The Morgan fingerprint density at radius 1 is 0.500 bits per heavy atom. The van der Waals surface area contributed by atoms with Crippen molar-refractivity contribution in [1.82, 2.24) is 0 Å². The van der Waals surface area contributed by atoms with Gasteiger partial charge in [0.05, 0.1) is 23.3 Å². The molecule has 2 aliphatic rings. The Balaban J connectivity index is 2.51. The summed E-state index contributed by atoms with van der Waals surface area (Å²) in [4.78, 5) is 0. The van der Waals surface area contributed by atoms with Crippen LogP contribution in [0.2, 0.25) is 49.9 Å². The summed E-state index contributed by atoms with van der Waals surface area (Å²) in [5.41, 5.74) is 19.9. The molecule has 1 aromatic rings. The zero-order valence-corrected chi connectivity index (χ0v) is 43.4. The van der Waals surface area contributed by atoms with E-state index in [4.69, 9.17) is 0 Å². The monoisotopic (exact) mass is 847 g/mol. The van der Waals surface area contributed by atoms with Crippen molar-refractivity contribution in [3.8, 4) is 58.4 Å². The lowest BCUT2D eigenvalue weighted by Gasteiger charge is -2.38. The van der Waals surface area contributed by atoms with Crippen molar-refractivity contribution < 1.29 is 0 Å². The highest BCUT2D eigenvalue weighted by molar-refractivity contribution is 6.91. The van der Waals surface area contributed by atoms with Gasteiger partial charge in [-0.05, 0) is 78.7 Å². The van der Waals surface area contributed by atoms with Gasteiger partial charge in [-0.15, -0.1) is 16.6 Å². The normalized spacial score (nSPS) is 16.0. The van der Waals surface area contributed by atoms with E-state index in [0.29, 0.717) is 49.9 Å². The molecule has 2 aliphatic carbocycles. The van der Waals surface area contributed by atoms with E-state index in [9.17, 15) is 10.5 Å². The van der Waals surface area contributed by atoms with E-state index in [-0.39, 0.29) is 5.92 Å². The van der Waals surface area contributed by atoms with Crippen LogP contribution in [0.5, 0.6) is 0 Å². The summed E-state index contributed by atoms with van der Waals surface area (Å²) in [5.74, 6) is 18.2. The molecule has 0 aromatic heterocycles. The molecule has 1 aromatic carbocycles. The van der Waals surface area contributed by atoms with Gasteiger partial charge in [0.15, 0.2) is 5.41 Å². The van der Waals surface area contributed by atoms with Gasteiger partial charge in [-0.25, -0.2) is 0 Å². The van der Waals surface area contributed by atoms with Crippen LogP contribution in [-0.2, 0) is 0 Å². The van der Waals surface area contributed by atoms with Crippen LogP contribution in [0.25, 0.3) is 5.57 Å². The lowest BCUT2D eigenvalue weighted by Crippen LogP contribution is -2.43. The first-order valence-electron chi connectivity index (χ1n) is 22.6. The Hall–Kier alpha value is -4.21. The summed E-state index contributed by atoms with van der Waals surface area (Å²) in [5, 5.41) is 20.9. The molecule has 316 valence electrons. The number of fused-ring (bicyclic) bond motifs is 1. The molecular weight excluding hydrogens is 773 g/mol. The number of benzene rings is 1. The summed E-state index contributed by atoms with van der Waals surface area (Å²) in [6.45, 7) is 42.5. The minimum Gasteiger partial charge on any atom is -0.196 e. The third-order valence-electron chi connectivity index (χ3n) is 14.3. The van der Waals surface area contributed by atoms with Gasteiger partial charge in [-0.2, -0.15) is 10.5 Å². The fraction of sp³-hybridized carbons (Fsp3) is 0.527. The number of allylic oxidation sites excluding steroid dienone is 10. The molecule has 0 N–H and O–H groups in total. The van der Waals surface area contributed by atoms with Gasteiger partial charge in [0, 0.05) is 11.5 Å². The molecular formula is C55H74N2Si3. The Bertz CT molecular complexity index is 2090. The third-order valence-corrected chi connectivity index (χ3v) is 33.2. The summed E-state index contributed by atoms with van der Waals surface area (Å²) >= 11 is 0. The van der Waals surface area contributed by atoms with Gasteiger partial charge < -0.3 is 0 Å². The van der Waals surface area contributed by atoms with Crippen molar-refractivity contribution in [3.05, 3.63) is 88.6 Å². The van der Waals surface area contributed by atoms with Gasteiger partial charge in [-0.3, -0.25) is 0 Å². The van der Waals surface area contributed by atoms with Crippen LogP contribution in [-0.4, -0.2) is 24.2 Å². The molecule has 0 fully saturated rings. The van der Waals surface area contributed by atoms with E-state index >= 15 is 0 Å². The number of hydrogen-bond donors (Lipinski definition) is 0. The van der Waals surface area contributed by atoms with E-state index < -0.39 is 29.6 Å². The van der Waals surface area contributed by atoms with Gasteiger partial charge >= 0.3 is 0 Å². The quantitative estimate of drug-likeness (QED) is 0.174. The standard InChI is InChI=1S/C55H74N2Si3/c1-39(2)58(40(3)4,41(5)6)33-30-49(27-24-48-25-28-51(29-26-48)54-36-52-22-20-19-21-23-53(52)55(54,37-56)38-57)50(31-34-59(42(7)8,43(9)10)44(11)12)32-35-60(45(13)14,46(15)16)47(17)18/h19-23,25-26,28-29,36,39-47,53H,1-18H3. The molecule has 3 rings (SSSR count). The number of hydrogen-bond acceptors (Lipinski definition) is 2. The predicted octanol–water partition coefficient (Wildman–Crippen LogP) is 15.1. The molecule has 1 unspecified atom stereocenters. The Labute approximate surface area is 371 Å². The molecule has 0 amide bonds. The summed E-state index contributed by atoms with van der Waals surface area (Å²) in [6, 6.07) is 12.8. The third kappa shape index (κ3) is 9.63. The summed E-state index contributed by atoms with van der Waals surface area (Å²) < 4.78 is 0. The molecule has 0 bridgehead atoms. The summed E-state index contributed by atoms with van der Waals surface area (Å²) in [7, 11) is -6.41. The SMILES string of the molecule is CC(C)[Si](C#CC(C#Cc1ccc(C2=CC3=CC=CC=CC3C2(C#N)C#N)cc1)=C(C#C[Si](C(C)C)(C(C)C)C(C)C)C#C[Si](C(C)C)(C(C)C)C(C)C)(C(C)C)C(C)C. The van der Waals surface area contributed by atoms with E-state index in [2.05, 4.69) is 183 Å². The van der Waals surface area contributed by atoms with Gasteiger partial charge in [-0.1, -0.05) is 203 Å². The first-order valence-corrected chi connectivity index (χ1v) is 29.3. The lowest BCUT2D eigenvalue weighted by atomic mass is 9.73. The van der Waals surface area contributed by atoms with Crippen LogP contribution >= 0.6 is 0 Å². The van der Waals surface area contributed by atoms with E-state index in [0.717, 1.165) is 33.4 Å². The second-order valence-electron chi connectivity index (χ2n) is 20.0. The summed E-state index contributed by atoms with van der Waals surface area (Å²) in [6.07, 6.45) is 11.8. The average molecular weight is 847 g/mol. The van der Waals surface area contributed by atoms with E-state index in [1.54, 1.807) is 0 Å². The Morgan fingerprint density at radius 3 is 1.22 bits per heavy atom. The van der Waals surface area contributed by atoms with Crippen molar-refractivity contribution in [2.24, 2.45) is 11.3 Å². The second-order valence-corrected chi connectivity index (χ2v) is 36.8. The van der Waals surface area contributed by atoms with Gasteiger partial charge in [0.25, 0.3) is 0 Å². The van der Waals surface area contributed by atoms with Crippen LogP contribution in [0.15, 0.2) is 77.4 Å². The number of nitriles is 2. The highest BCUT2D eigenvalue weighted by Crippen LogP contribution is 2.52. The fourth-order valence-corrected chi connectivity index (χ4v) is 26.8. The maximum Gasteiger partial charge on any atom is 0.179 e. The second kappa shape index (κ2) is 20.6. The maximum atomic E-state index is 10.5. The smallest absolute Gasteiger partial charge is 0.179 e. The average Bonchev–Trinajstić information content (AvgIpc) is 3.28. The first kappa shape index (κ1) is 50.1. The molecule has 60 heavy (non-hydrogen) atoms. The molecule has 0 spiro atoms. The van der Waals surface area contributed by atoms with Crippen molar-refractivity contribution in [3.63, 3.8) is 0 Å². The highest BCUT2D eigenvalue weighted by atomic mass is 28.3. The minimum absolute atomic E-state index is 0.324. The Morgan fingerprint density at radius 2 is 0.867 bits per heavy atom. The maximum absolute atomic E-state index is 10.5. The topological polar surface area (TPSA) is 47.6 Å². The van der Waals surface area contributed by atoms with Crippen LogP contribution in [0.3, 0.4) is 0 Å². The fourth-order valence-electron chi connectivity index (χ4n) is 11.2. The molecule has 2 nitrogen and oxygen atoms in total. The lowest BCUT2D eigenvalue weighted by molar-refractivity contribution is 0.578. The zero-order chi connectivity index (χ0) is 45.4. The number of rotatable bonds is 10. The minimum atomic E-state index is -2.15. The van der Waals surface area contributed by atoms with Crippen LogP contribution in [0.4, 0.5) is 0 Å². The highest BCUT2D eigenvalue weighted by Gasteiger charge is 2.49. The van der Waals surface area contributed by atoms with Crippen LogP contribution in [0, 0.1) is 80.2 Å². The molecule has 0 radical (unpaired) electrons. The van der Waals surface area contributed by atoms with Crippen molar-refractivity contribution in [1.29, 1.82) is 10.5 Å². The predicted molar refractivity (Wildman–Crippen MR) is 268 cm³/mol. The van der Waals surface area contributed by atoms with Crippen LogP contribution < -0.4 is 0 Å². The molecule has 5 heteroatoms. The number of nitrogens with zero attached hydrogens (tertiary/aromatic N) is 2. The molecule has 0 saturated carbocycles.